The van der Waals surface area contributed by atoms with Crippen LogP contribution in [0.2, 0.25) is 0 Å². The summed E-state index contributed by atoms with van der Waals surface area (Å²) in [5.41, 5.74) is 0.509. The summed E-state index contributed by atoms with van der Waals surface area (Å²) in [4.78, 5) is 33.4. The molecule has 3 amide bonds. The zero-order chi connectivity index (χ0) is 27.1. The molecule has 37 heavy (non-hydrogen) atoms. The number of halogens is 2. The molecular formula is C27H32F2N4O4. The van der Waals surface area contributed by atoms with Gasteiger partial charge in [-0.25, -0.2) is 18.6 Å². The Bertz CT molecular complexity index is 1200. The van der Waals surface area contributed by atoms with E-state index in [2.05, 4.69) is 22.1 Å². The van der Waals surface area contributed by atoms with Crippen LogP contribution in [-0.2, 0) is 0 Å². The minimum atomic E-state index is -0.762. The van der Waals surface area contributed by atoms with Crippen molar-refractivity contribution < 1.29 is 28.2 Å². The number of fused-ring (bicyclic) bond motifs is 1. The van der Waals surface area contributed by atoms with E-state index >= 15 is 0 Å². The number of benzene rings is 1. The normalized spacial score (nSPS) is 17.9. The number of nitrogens with zero attached hydrogens (tertiary/aromatic N) is 3. The first-order valence-corrected chi connectivity index (χ1v) is 12.2. The first-order chi connectivity index (χ1) is 17.6. The van der Waals surface area contributed by atoms with Crippen molar-refractivity contribution in [2.45, 2.75) is 45.8 Å². The van der Waals surface area contributed by atoms with Crippen molar-refractivity contribution in [1.29, 1.82) is 0 Å². The first-order valence-electron chi connectivity index (χ1n) is 12.2. The lowest BCUT2D eigenvalue weighted by Crippen LogP contribution is -2.50. The number of urea groups is 1. The van der Waals surface area contributed by atoms with Crippen molar-refractivity contribution in [3.05, 3.63) is 53.2 Å². The van der Waals surface area contributed by atoms with Gasteiger partial charge < -0.3 is 25.0 Å². The minimum absolute atomic E-state index is 0.0681. The average molecular weight is 515 g/mol. The van der Waals surface area contributed by atoms with E-state index in [-0.39, 0.29) is 48.7 Å². The highest BCUT2D eigenvalue weighted by molar-refractivity contribution is 5.97. The number of carbonyl (C=O) groups excluding carboxylic acids is 2. The van der Waals surface area contributed by atoms with Gasteiger partial charge in [0.25, 0.3) is 5.91 Å². The molecule has 2 N–H and O–H groups in total. The standard InChI is InChI=1S/C27H32F2N4O4/c1-5-6-7-8-19-11-21-25(30-13-19)37-24(17(2)14-33(26(21)35)18(3)16-34)15-32(4)27(36)31-23-12-20(28)9-10-22(23)29/h9-13,17-18,24,34H,5-6,14-16H2,1-4H3,(H,31,36)/t17-,18-,24-/m1/s1. The zero-order valence-corrected chi connectivity index (χ0v) is 21.4. The number of hydrogen-bond donors (Lipinski definition) is 2. The van der Waals surface area contributed by atoms with Gasteiger partial charge in [0, 0.05) is 43.8 Å². The number of aliphatic hydroxyl groups is 1. The molecule has 1 aliphatic rings. The van der Waals surface area contributed by atoms with Gasteiger partial charge in [0.05, 0.1) is 24.9 Å². The number of unbranched alkanes of at least 4 members (excludes halogenated alkanes) is 1. The van der Waals surface area contributed by atoms with Crippen molar-refractivity contribution in [2.75, 3.05) is 32.1 Å². The Morgan fingerprint density at radius 3 is 2.84 bits per heavy atom. The molecule has 1 aliphatic heterocycles. The zero-order valence-electron chi connectivity index (χ0n) is 21.4. The number of anilines is 1. The highest BCUT2D eigenvalue weighted by Crippen LogP contribution is 2.27. The molecular weight excluding hydrogens is 482 g/mol. The quantitative estimate of drug-likeness (QED) is 0.571. The number of rotatable bonds is 6. The Morgan fingerprint density at radius 1 is 1.38 bits per heavy atom. The smallest absolute Gasteiger partial charge is 0.321 e. The summed E-state index contributed by atoms with van der Waals surface area (Å²) >= 11 is 0. The number of amides is 3. The number of aliphatic hydroxyl groups excluding tert-OH is 1. The van der Waals surface area contributed by atoms with Crippen molar-refractivity contribution in [1.82, 2.24) is 14.8 Å². The predicted octanol–water partition coefficient (Wildman–Crippen LogP) is 3.90. The lowest BCUT2D eigenvalue weighted by molar-refractivity contribution is 0.0356. The summed E-state index contributed by atoms with van der Waals surface area (Å²) in [5.74, 6) is 4.09. The van der Waals surface area contributed by atoms with Crippen LogP contribution in [0.4, 0.5) is 19.3 Å². The van der Waals surface area contributed by atoms with E-state index in [0.717, 1.165) is 24.6 Å². The van der Waals surface area contributed by atoms with Crippen LogP contribution >= 0.6 is 0 Å². The van der Waals surface area contributed by atoms with Crippen molar-refractivity contribution in [3.63, 3.8) is 0 Å². The summed E-state index contributed by atoms with van der Waals surface area (Å²) in [6, 6.07) is 3.30. The number of pyridine rings is 1. The number of likely N-dealkylation sites (N-methyl/N-ethyl adjacent to an activating group) is 1. The molecule has 0 spiro atoms. The summed E-state index contributed by atoms with van der Waals surface area (Å²) in [5, 5.41) is 12.1. The van der Waals surface area contributed by atoms with Gasteiger partial charge in [-0.3, -0.25) is 4.79 Å². The molecule has 0 saturated carbocycles. The molecule has 0 radical (unpaired) electrons. The van der Waals surface area contributed by atoms with Gasteiger partial charge >= 0.3 is 6.03 Å². The van der Waals surface area contributed by atoms with Gasteiger partial charge in [-0.2, -0.15) is 0 Å². The summed E-state index contributed by atoms with van der Waals surface area (Å²) in [6.45, 7) is 5.72. The molecule has 0 bridgehead atoms. The molecule has 0 unspecified atom stereocenters. The Morgan fingerprint density at radius 2 is 2.14 bits per heavy atom. The predicted molar refractivity (Wildman–Crippen MR) is 135 cm³/mol. The van der Waals surface area contributed by atoms with Gasteiger partial charge in [-0.1, -0.05) is 25.7 Å². The number of nitrogens with one attached hydrogen (secondary N) is 1. The van der Waals surface area contributed by atoms with Crippen LogP contribution in [0.15, 0.2) is 30.5 Å². The molecule has 0 fully saturated rings. The Balaban J connectivity index is 1.88. The Kier molecular flexibility index (Phi) is 9.42. The summed E-state index contributed by atoms with van der Waals surface area (Å²) in [6.07, 6.45) is 2.55. The molecule has 3 rings (SSSR count). The number of aromatic nitrogens is 1. The number of hydrogen-bond acceptors (Lipinski definition) is 5. The monoisotopic (exact) mass is 514 g/mol. The summed E-state index contributed by atoms with van der Waals surface area (Å²) in [7, 11) is 1.50. The first kappa shape index (κ1) is 27.9. The molecule has 2 aromatic rings. The van der Waals surface area contributed by atoms with E-state index < -0.39 is 29.8 Å². The maximum absolute atomic E-state index is 14.0. The van der Waals surface area contributed by atoms with E-state index in [0.29, 0.717) is 12.0 Å². The lowest BCUT2D eigenvalue weighted by Gasteiger charge is -2.37. The molecule has 1 aromatic heterocycles. The average Bonchev–Trinajstić information content (AvgIpc) is 2.88. The second-order valence-corrected chi connectivity index (χ2v) is 9.19. The van der Waals surface area contributed by atoms with Crippen LogP contribution in [0, 0.1) is 29.4 Å². The fourth-order valence-electron chi connectivity index (χ4n) is 3.83. The lowest BCUT2D eigenvalue weighted by atomic mass is 10.00. The molecule has 3 atom stereocenters. The second kappa shape index (κ2) is 12.5. The topological polar surface area (TPSA) is 95.0 Å². The van der Waals surface area contributed by atoms with Crippen LogP contribution in [0.3, 0.4) is 0 Å². The van der Waals surface area contributed by atoms with Gasteiger partial charge in [-0.15, -0.1) is 0 Å². The third-order valence-electron chi connectivity index (χ3n) is 6.10. The fraction of sp³-hybridized carbons (Fsp3) is 0.444. The van der Waals surface area contributed by atoms with Crippen molar-refractivity contribution in [2.24, 2.45) is 5.92 Å². The molecule has 1 aromatic carbocycles. The molecule has 2 heterocycles. The maximum Gasteiger partial charge on any atom is 0.321 e. The molecule has 0 saturated heterocycles. The van der Waals surface area contributed by atoms with Crippen LogP contribution in [0.25, 0.3) is 0 Å². The van der Waals surface area contributed by atoms with Gasteiger partial charge in [-0.05, 0) is 31.5 Å². The van der Waals surface area contributed by atoms with E-state index in [4.69, 9.17) is 4.74 Å². The van der Waals surface area contributed by atoms with E-state index in [9.17, 15) is 23.5 Å². The maximum atomic E-state index is 14.0. The van der Waals surface area contributed by atoms with Crippen molar-refractivity contribution >= 4 is 17.6 Å². The third-order valence-corrected chi connectivity index (χ3v) is 6.10. The van der Waals surface area contributed by atoms with E-state index in [1.165, 1.54) is 18.1 Å². The second-order valence-electron chi connectivity index (χ2n) is 9.19. The van der Waals surface area contributed by atoms with Crippen LogP contribution in [-0.4, -0.2) is 70.7 Å². The SMILES string of the molecule is CCCC#Cc1cnc2c(c1)C(=O)N([C@H](C)CO)C[C@@H](C)[C@@H](CN(C)C(=O)Nc1cc(F)ccc1F)O2. The highest BCUT2D eigenvalue weighted by Gasteiger charge is 2.34. The largest absolute Gasteiger partial charge is 0.472 e. The number of ether oxygens (including phenoxy) is 1. The fourth-order valence-corrected chi connectivity index (χ4v) is 3.83. The summed E-state index contributed by atoms with van der Waals surface area (Å²) < 4.78 is 33.7. The number of carbonyl (C=O) groups is 2. The van der Waals surface area contributed by atoms with Crippen LogP contribution < -0.4 is 10.1 Å². The van der Waals surface area contributed by atoms with Gasteiger partial charge in [0.1, 0.15) is 23.3 Å². The van der Waals surface area contributed by atoms with Crippen molar-refractivity contribution in [3.8, 4) is 17.7 Å². The van der Waals surface area contributed by atoms with Gasteiger partial charge in [0.15, 0.2) is 0 Å². The minimum Gasteiger partial charge on any atom is -0.472 e. The molecule has 8 nitrogen and oxygen atoms in total. The molecule has 10 heteroatoms. The molecule has 0 aliphatic carbocycles. The molecule has 198 valence electrons. The van der Waals surface area contributed by atoms with Crippen LogP contribution in [0.5, 0.6) is 5.88 Å². The van der Waals surface area contributed by atoms with Gasteiger partial charge in [0.2, 0.25) is 5.88 Å². The highest BCUT2D eigenvalue weighted by atomic mass is 19.1. The van der Waals surface area contributed by atoms with Crippen LogP contribution in [0.1, 0.15) is 49.5 Å². The Labute approximate surface area is 215 Å². The van der Waals surface area contributed by atoms with E-state index in [1.807, 2.05) is 13.8 Å². The Hall–Kier alpha value is -3.71. The third kappa shape index (κ3) is 6.95. The van der Waals surface area contributed by atoms with E-state index in [1.54, 1.807) is 17.9 Å².